The van der Waals surface area contributed by atoms with Gasteiger partial charge in [-0.1, -0.05) is 35.9 Å². The van der Waals surface area contributed by atoms with Crippen molar-refractivity contribution in [2.24, 2.45) is 0 Å². The van der Waals surface area contributed by atoms with Gasteiger partial charge in [-0.05, 0) is 31.0 Å². The van der Waals surface area contributed by atoms with Gasteiger partial charge in [0.15, 0.2) is 5.13 Å². The Kier molecular flexibility index (Phi) is 4.75. The maximum absolute atomic E-state index is 12.5. The van der Waals surface area contributed by atoms with Gasteiger partial charge >= 0.3 is 0 Å². The van der Waals surface area contributed by atoms with Crippen LogP contribution >= 0.6 is 11.3 Å². The summed E-state index contributed by atoms with van der Waals surface area (Å²) in [7, 11) is 0. The highest BCUT2D eigenvalue weighted by Crippen LogP contribution is 2.25. The normalized spacial score (nSPS) is 19.4. The van der Waals surface area contributed by atoms with E-state index in [1.807, 2.05) is 23.6 Å². The monoisotopic (exact) mass is 365 g/mol. The molecule has 0 saturated carbocycles. The first-order valence-electron chi connectivity index (χ1n) is 8.44. The highest BCUT2D eigenvalue weighted by atomic mass is 32.1. The van der Waals surface area contributed by atoms with Crippen molar-refractivity contribution in [1.82, 2.24) is 20.8 Å². The fraction of sp³-hybridized carbons (Fsp3) is 0.211. The Bertz CT molecular complexity index is 894. The van der Waals surface area contributed by atoms with Gasteiger partial charge in [0, 0.05) is 17.6 Å². The number of nitrogens with zero attached hydrogens (tertiary/aromatic N) is 2. The topological polar surface area (TPSA) is 78.9 Å². The molecule has 1 fully saturated rings. The summed E-state index contributed by atoms with van der Waals surface area (Å²) in [6.07, 6.45) is 2.42. The molecule has 1 aliphatic heterocycles. The van der Waals surface area contributed by atoms with Gasteiger partial charge in [-0.25, -0.2) is 15.8 Å². The van der Waals surface area contributed by atoms with Crippen molar-refractivity contribution in [3.8, 4) is 11.4 Å². The Morgan fingerprint density at radius 1 is 1.15 bits per heavy atom. The molecule has 3 heterocycles. The number of pyridine rings is 1. The lowest BCUT2D eigenvalue weighted by molar-refractivity contribution is -0.117. The van der Waals surface area contributed by atoms with Crippen molar-refractivity contribution < 1.29 is 4.79 Å². The number of aryl methyl sites for hydroxylation is 1. The second kappa shape index (κ2) is 7.33. The third kappa shape index (κ3) is 3.65. The predicted octanol–water partition coefficient (Wildman–Crippen LogP) is 3.06. The van der Waals surface area contributed by atoms with Crippen LogP contribution in [0, 0.1) is 6.92 Å². The fourth-order valence-electron chi connectivity index (χ4n) is 2.90. The van der Waals surface area contributed by atoms with Crippen molar-refractivity contribution >= 4 is 22.4 Å². The lowest BCUT2D eigenvalue weighted by Crippen LogP contribution is -2.39. The second-order valence-corrected chi connectivity index (χ2v) is 7.14. The maximum Gasteiger partial charge on any atom is 0.244 e. The van der Waals surface area contributed by atoms with Gasteiger partial charge in [0.2, 0.25) is 5.91 Å². The number of carbonyl (C=O) groups is 1. The molecule has 132 valence electrons. The minimum absolute atomic E-state index is 0.0889. The van der Waals surface area contributed by atoms with Crippen molar-refractivity contribution in [2.45, 2.75) is 25.4 Å². The summed E-state index contributed by atoms with van der Waals surface area (Å²) in [5, 5.41) is 5.37. The van der Waals surface area contributed by atoms with Crippen LogP contribution in [0.1, 0.15) is 23.6 Å². The number of benzene rings is 1. The number of hydrazine groups is 1. The molecule has 26 heavy (non-hydrogen) atoms. The average molecular weight is 365 g/mol. The van der Waals surface area contributed by atoms with Gasteiger partial charge in [0.25, 0.3) is 0 Å². The summed E-state index contributed by atoms with van der Waals surface area (Å²) < 4.78 is 0. The van der Waals surface area contributed by atoms with E-state index in [-0.39, 0.29) is 18.0 Å². The van der Waals surface area contributed by atoms with Gasteiger partial charge in [0.1, 0.15) is 11.7 Å². The quantitative estimate of drug-likeness (QED) is 0.662. The zero-order valence-corrected chi connectivity index (χ0v) is 15.1. The molecule has 0 aliphatic carbocycles. The smallest absolute Gasteiger partial charge is 0.244 e. The first kappa shape index (κ1) is 16.8. The second-order valence-electron chi connectivity index (χ2n) is 6.28. The van der Waals surface area contributed by atoms with Crippen LogP contribution in [-0.4, -0.2) is 21.9 Å². The Hall–Kier alpha value is -2.61. The lowest BCUT2D eigenvalue weighted by Gasteiger charge is -2.10. The van der Waals surface area contributed by atoms with Crippen LogP contribution in [0.5, 0.6) is 0 Å². The van der Waals surface area contributed by atoms with E-state index in [0.717, 1.165) is 11.4 Å². The lowest BCUT2D eigenvalue weighted by atomic mass is 10.0. The molecule has 3 aromatic rings. The zero-order chi connectivity index (χ0) is 17.9. The largest absolute Gasteiger partial charge is 0.301 e. The third-order valence-electron chi connectivity index (χ3n) is 4.36. The molecule has 2 unspecified atom stereocenters. The number of amides is 1. The number of anilines is 1. The van der Waals surface area contributed by atoms with E-state index in [0.29, 0.717) is 11.6 Å². The molecule has 0 bridgehead atoms. The number of aromatic nitrogens is 2. The summed E-state index contributed by atoms with van der Waals surface area (Å²) in [4.78, 5) is 21.3. The number of nitrogens with one attached hydrogen (secondary N) is 3. The summed E-state index contributed by atoms with van der Waals surface area (Å²) in [6, 6.07) is 13.8. The Balaban J connectivity index is 1.38. The maximum atomic E-state index is 12.5. The fourth-order valence-corrected chi connectivity index (χ4v) is 3.61. The predicted molar refractivity (Wildman–Crippen MR) is 103 cm³/mol. The third-order valence-corrected chi connectivity index (χ3v) is 5.12. The molecule has 1 aromatic carbocycles. The molecule has 0 spiro atoms. The van der Waals surface area contributed by atoms with Crippen molar-refractivity contribution in [3.63, 3.8) is 0 Å². The van der Waals surface area contributed by atoms with Crippen LogP contribution in [0.3, 0.4) is 0 Å². The molecule has 1 saturated heterocycles. The number of hydrogen-bond donors (Lipinski definition) is 3. The number of rotatable bonds is 4. The molecular formula is C19H19N5OS. The molecule has 2 aromatic heterocycles. The number of hydrogen-bond acceptors (Lipinski definition) is 6. The van der Waals surface area contributed by atoms with Crippen molar-refractivity contribution in [3.05, 3.63) is 65.2 Å². The van der Waals surface area contributed by atoms with E-state index in [4.69, 9.17) is 0 Å². The number of carbonyl (C=O) groups excluding carboxylic acids is 1. The minimum Gasteiger partial charge on any atom is -0.301 e. The van der Waals surface area contributed by atoms with Crippen LogP contribution in [0.2, 0.25) is 0 Å². The van der Waals surface area contributed by atoms with Gasteiger partial charge in [-0.15, -0.1) is 11.3 Å². The van der Waals surface area contributed by atoms with Crippen molar-refractivity contribution in [2.75, 3.05) is 5.32 Å². The van der Waals surface area contributed by atoms with E-state index in [2.05, 4.69) is 57.3 Å². The average Bonchev–Trinajstić information content (AvgIpc) is 3.33. The summed E-state index contributed by atoms with van der Waals surface area (Å²) in [6.45, 7) is 2.06. The van der Waals surface area contributed by atoms with Gasteiger partial charge in [0.05, 0.1) is 5.69 Å². The highest BCUT2D eigenvalue weighted by molar-refractivity contribution is 7.14. The Morgan fingerprint density at radius 3 is 2.77 bits per heavy atom. The molecule has 6 nitrogen and oxygen atoms in total. The standard InChI is InChI=1S/C19H19N5OS/c1-12-5-7-13(8-6-12)15-10-16(24-23-15)18(25)22-19-21-17(11-26-19)14-4-2-3-9-20-14/h2-9,11,15-16,23-24H,10H2,1H3,(H,21,22,25). The first-order chi connectivity index (χ1) is 12.7. The molecule has 1 amide bonds. The molecular weight excluding hydrogens is 346 g/mol. The van der Waals surface area contributed by atoms with Crippen LogP contribution in [0.4, 0.5) is 5.13 Å². The molecule has 4 rings (SSSR count). The molecule has 1 aliphatic rings. The SMILES string of the molecule is Cc1ccc(C2CC(C(=O)Nc3nc(-c4ccccn4)cs3)NN2)cc1. The molecule has 0 radical (unpaired) electrons. The molecule has 2 atom stereocenters. The van der Waals surface area contributed by atoms with Crippen LogP contribution < -0.4 is 16.2 Å². The van der Waals surface area contributed by atoms with E-state index in [1.165, 1.54) is 22.5 Å². The van der Waals surface area contributed by atoms with E-state index in [1.54, 1.807) is 6.20 Å². The van der Waals surface area contributed by atoms with Gasteiger partial charge in [-0.2, -0.15) is 0 Å². The first-order valence-corrected chi connectivity index (χ1v) is 9.32. The highest BCUT2D eigenvalue weighted by Gasteiger charge is 2.30. The van der Waals surface area contributed by atoms with E-state index in [9.17, 15) is 4.79 Å². The van der Waals surface area contributed by atoms with Gasteiger partial charge in [-0.3, -0.25) is 9.78 Å². The summed E-state index contributed by atoms with van der Waals surface area (Å²) in [5.41, 5.74) is 10.2. The number of thiazole rings is 1. The van der Waals surface area contributed by atoms with E-state index < -0.39 is 0 Å². The van der Waals surface area contributed by atoms with Crippen LogP contribution in [0.25, 0.3) is 11.4 Å². The molecule has 7 heteroatoms. The van der Waals surface area contributed by atoms with E-state index >= 15 is 0 Å². The molecule has 3 N–H and O–H groups in total. The Morgan fingerprint density at radius 2 is 2.00 bits per heavy atom. The van der Waals surface area contributed by atoms with Crippen LogP contribution in [0.15, 0.2) is 54.0 Å². The summed E-state index contributed by atoms with van der Waals surface area (Å²) >= 11 is 1.40. The minimum atomic E-state index is -0.302. The van der Waals surface area contributed by atoms with Gasteiger partial charge < -0.3 is 5.32 Å². The van der Waals surface area contributed by atoms with Crippen molar-refractivity contribution in [1.29, 1.82) is 0 Å². The Labute approximate surface area is 155 Å². The van der Waals surface area contributed by atoms with Crippen LogP contribution in [-0.2, 0) is 4.79 Å². The zero-order valence-electron chi connectivity index (χ0n) is 14.3. The summed E-state index contributed by atoms with van der Waals surface area (Å²) in [5.74, 6) is -0.0889.